The van der Waals surface area contributed by atoms with E-state index in [0.29, 0.717) is 11.5 Å². The van der Waals surface area contributed by atoms with Crippen LogP contribution in [0.15, 0.2) is 48.5 Å². The predicted octanol–water partition coefficient (Wildman–Crippen LogP) is 4.06. The molecule has 0 saturated heterocycles. The van der Waals surface area contributed by atoms with Crippen LogP contribution in [0.2, 0.25) is 0 Å². The zero-order chi connectivity index (χ0) is 15.0. The van der Waals surface area contributed by atoms with Crippen LogP contribution in [0.25, 0.3) is 22.2 Å². The molecule has 0 aliphatic rings. The number of hydrogen-bond donors (Lipinski definition) is 2. The average molecular weight is 278 g/mol. The van der Waals surface area contributed by atoms with Gasteiger partial charge in [0, 0.05) is 11.1 Å². The number of aromatic amines is 1. The maximum absolute atomic E-state index is 11.5. The van der Waals surface area contributed by atoms with Crippen molar-refractivity contribution in [3.63, 3.8) is 0 Å². The quantitative estimate of drug-likeness (QED) is 0.745. The summed E-state index contributed by atoms with van der Waals surface area (Å²) in [5.41, 5.74) is 10.2. The van der Waals surface area contributed by atoms with Crippen molar-refractivity contribution in [3.05, 3.63) is 59.7 Å². The predicted molar refractivity (Wildman–Crippen MR) is 86.3 cm³/mol. The molecule has 2 aromatic carbocycles. The maximum Gasteiger partial charge on any atom is 0.250 e. The fourth-order valence-corrected chi connectivity index (χ4v) is 2.58. The number of fused-ring (bicyclic) bond motifs is 1. The monoisotopic (exact) mass is 278 g/mol. The standard InChI is InChI=1S/C18H18N2O/c1-11(2)12-5-3-6-13(9-12)16-10-14-7-4-8-15(18(19)21)17(14)20-16/h3-11,20H,1-2H3,(H2,19,21). The number of aromatic nitrogens is 1. The summed E-state index contributed by atoms with van der Waals surface area (Å²) in [7, 11) is 0. The third-order valence-electron chi connectivity index (χ3n) is 3.79. The van der Waals surface area contributed by atoms with Crippen LogP contribution in [0.1, 0.15) is 35.7 Å². The lowest BCUT2D eigenvalue weighted by molar-refractivity contribution is 0.100. The number of nitrogens with one attached hydrogen (secondary N) is 1. The summed E-state index contributed by atoms with van der Waals surface area (Å²) in [5, 5.41) is 0.997. The van der Waals surface area contributed by atoms with E-state index in [1.807, 2.05) is 12.1 Å². The van der Waals surface area contributed by atoms with Gasteiger partial charge in [0.2, 0.25) is 0 Å². The molecular formula is C18H18N2O. The van der Waals surface area contributed by atoms with Gasteiger partial charge < -0.3 is 10.7 Å². The van der Waals surface area contributed by atoms with Crippen LogP contribution in [-0.2, 0) is 0 Å². The number of hydrogen-bond acceptors (Lipinski definition) is 1. The highest BCUT2D eigenvalue weighted by atomic mass is 16.1. The summed E-state index contributed by atoms with van der Waals surface area (Å²) in [6.45, 7) is 4.35. The Bertz CT molecular complexity index is 815. The first-order valence-electron chi connectivity index (χ1n) is 7.08. The molecule has 0 unspecified atom stereocenters. The number of para-hydroxylation sites is 1. The van der Waals surface area contributed by atoms with Gasteiger partial charge in [0.1, 0.15) is 0 Å². The van der Waals surface area contributed by atoms with Gasteiger partial charge in [-0.25, -0.2) is 0 Å². The number of amides is 1. The molecule has 106 valence electrons. The lowest BCUT2D eigenvalue weighted by Crippen LogP contribution is -2.11. The molecule has 1 heterocycles. The highest BCUT2D eigenvalue weighted by Crippen LogP contribution is 2.28. The summed E-state index contributed by atoms with van der Waals surface area (Å²) >= 11 is 0. The molecule has 3 heteroatoms. The van der Waals surface area contributed by atoms with Crippen molar-refractivity contribution in [2.24, 2.45) is 5.73 Å². The molecule has 3 nitrogen and oxygen atoms in total. The smallest absolute Gasteiger partial charge is 0.250 e. The SMILES string of the molecule is CC(C)c1cccc(-c2cc3cccc(C(N)=O)c3[nH]2)c1. The fourth-order valence-electron chi connectivity index (χ4n) is 2.58. The van der Waals surface area contributed by atoms with E-state index in [2.05, 4.69) is 49.2 Å². The molecule has 0 bridgehead atoms. The number of primary amides is 1. The Morgan fingerprint density at radius 1 is 1.10 bits per heavy atom. The molecule has 0 aliphatic carbocycles. The van der Waals surface area contributed by atoms with E-state index in [9.17, 15) is 4.79 Å². The van der Waals surface area contributed by atoms with Gasteiger partial charge in [-0.3, -0.25) is 4.79 Å². The lowest BCUT2D eigenvalue weighted by Gasteiger charge is -2.07. The second-order valence-corrected chi connectivity index (χ2v) is 5.60. The van der Waals surface area contributed by atoms with Crippen molar-refractivity contribution in [3.8, 4) is 11.3 Å². The van der Waals surface area contributed by atoms with E-state index in [1.165, 1.54) is 5.56 Å². The third kappa shape index (κ3) is 2.42. The molecule has 0 aliphatic heterocycles. The molecule has 0 radical (unpaired) electrons. The van der Waals surface area contributed by atoms with Gasteiger partial charge in [0.15, 0.2) is 0 Å². The largest absolute Gasteiger partial charge is 0.366 e. The summed E-state index contributed by atoms with van der Waals surface area (Å²) in [6, 6.07) is 16.1. The molecule has 3 aromatic rings. The van der Waals surface area contributed by atoms with E-state index in [-0.39, 0.29) is 0 Å². The van der Waals surface area contributed by atoms with E-state index in [1.54, 1.807) is 6.07 Å². The fraction of sp³-hybridized carbons (Fsp3) is 0.167. The maximum atomic E-state index is 11.5. The topological polar surface area (TPSA) is 58.9 Å². The Morgan fingerprint density at radius 2 is 1.86 bits per heavy atom. The van der Waals surface area contributed by atoms with Crippen molar-refractivity contribution in [2.45, 2.75) is 19.8 Å². The molecule has 1 aromatic heterocycles. The zero-order valence-electron chi connectivity index (χ0n) is 12.2. The summed E-state index contributed by atoms with van der Waals surface area (Å²) in [5.74, 6) is 0.0699. The number of benzene rings is 2. The van der Waals surface area contributed by atoms with Crippen molar-refractivity contribution in [1.82, 2.24) is 4.98 Å². The number of carbonyl (C=O) groups is 1. The normalized spacial score (nSPS) is 11.2. The lowest BCUT2D eigenvalue weighted by atomic mass is 10.00. The molecule has 0 fully saturated rings. The van der Waals surface area contributed by atoms with Gasteiger partial charge >= 0.3 is 0 Å². The Hall–Kier alpha value is -2.55. The highest BCUT2D eigenvalue weighted by Gasteiger charge is 2.11. The van der Waals surface area contributed by atoms with Crippen LogP contribution >= 0.6 is 0 Å². The molecular weight excluding hydrogens is 260 g/mol. The Morgan fingerprint density at radius 3 is 2.57 bits per heavy atom. The van der Waals surface area contributed by atoms with Crippen LogP contribution < -0.4 is 5.73 Å². The van der Waals surface area contributed by atoms with Crippen molar-refractivity contribution in [1.29, 1.82) is 0 Å². The van der Waals surface area contributed by atoms with Gasteiger partial charge in [-0.1, -0.05) is 44.2 Å². The number of H-pyrrole nitrogens is 1. The minimum absolute atomic E-state index is 0.412. The Balaban J connectivity index is 2.15. The van der Waals surface area contributed by atoms with Crippen molar-refractivity contribution in [2.75, 3.05) is 0 Å². The molecule has 0 spiro atoms. The van der Waals surface area contributed by atoms with E-state index < -0.39 is 5.91 Å². The molecule has 0 saturated carbocycles. The number of nitrogens with two attached hydrogens (primary N) is 1. The molecule has 1 amide bonds. The van der Waals surface area contributed by atoms with Gasteiger partial charge in [0.25, 0.3) is 5.91 Å². The average Bonchev–Trinajstić information content (AvgIpc) is 2.91. The minimum atomic E-state index is -0.412. The van der Waals surface area contributed by atoms with Crippen LogP contribution in [0.3, 0.4) is 0 Å². The van der Waals surface area contributed by atoms with Crippen molar-refractivity contribution < 1.29 is 4.79 Å². The van der Waals surface area contributed by atoms with Gasteiger partial charge in [-0.05, 0) is 35.2 Å². The first-order chi connectivity index (χ1) is 10.1. The number of rotatable bonds is 3. The zero-order valence-corrected chi connectivity index (χ0v) is 12.2. The summed E-state index contributed by atoms with van der Waals surface area (Å²) in [4.78, 5) is 14.8. The highest BCUT2D eigenvalue weighted by molar-refractivity contribution is 6.06. The van der Waals surface area contributed by atoms with E-state index in [4.69, 9.17) is 5.73 Å². The molecule has 0 atom stereocenters. The van der Waals surface area contributed by atoms with E-state index >= 15 is 0 Å². The van der Waals surface area contributed by atoms with Crippen LogP contribution in [0.5, 0.6) is 0 Å². The molecule has 3 N–H and O–H groups in total. The minimum Gasteiger partial charge on any atom is -0.366 e. The summed E-state index contributed by atoms with van der Waals surface area (Å²) in [6.07, 6.45) is 0. The number of carbonyl (C=O) groups excluding carboxylic acids is 1. The summed E-state index contributed by atoms with van der Waals surface area (Å²) < 4.78 is 0. The molecule has 21 heavy (non-hydrogen) atoms. The Labute approximate surface area is 123 Å². The van der Waals surface area contributed by atoms with E-state index in [0.717, 1.165) is 22.2 Å². The van der Waals surface area contributed by atoms with Gasteiger partial charge in [0.05, 0.1) is 11.1 Å². The van der Waals surface area contributed by atoms with Gasteiger partial charge in [-0.2, -0.15) is 0 Å². The van der Waals surface area contributed by atoms with Crippen LogP contribution in [0.4, 0.5) is 0 Å². The first-order valence-corrected chi connectivity index (χ1v) is 7.08. The van der Waals surface area contributed by atoms with Crippen LogP contribution in [-0.4, -0.2) is 10.9 Å². The Kier molecular flexibility index (Phi) is 3.26. The first kappa shape index (κ1) is 13.4. The van der Waals surface area contributed by atoms with Crippen molar-refractivity contribution >= 4 is 16.8 Å². The second kappa shape index (κ2) is 5.09. The van der Waals surface area contributed by atoms with Gasteiger partial charge in [-0.15, -0.1) is 0 Å². The third-order valence-corrected chi connectivity index (χ3v) is 3.79. The molecule has 3 rings (SSSR count). The second-order valence-electron chi connectivity index (χ2n) is 5.60. The van der Waals surface area contributed by atoms with Crippen LogP contribution in [0, 0.1) is 0 Å².